The van der Waals surface area contributed by atoms with Crippen LogP contribution in [-0.2, 0) is 0 Å². The van der Waals surface area contributed by atoms with Crippen molar-refractivity contribution >= 4 is 29.3 Å². The lowest BCUT2D eigenvalue weighted by Crippen LogP contribution is -2.43. The Bertz CT molecular complexity index is 422. The molecule has 98 valence electrons. The Morgan fingerprint density at radius 2 is 2.33 bits per heavy atom. The number of rotatable bonds is 2. The van der Waals surface area contributed by atoms with Crippen LogP contribution < -0.4 is 0 Å². The fourth-order valence-corrected chi connectivity index (χ4v) is 3.36. The number of hydrogen-bond acceptors (Lipinski definition) is 3. The first-order chi connectivity index (χ1) is 8.58. The highest BCUT2D eigenvalue weighted by Crippen LogP contribution is 2.25. The third-order valence-corrected chi connectivity index (χ3v) is 4.86. The topological polar surface area (TPSA) is 33.2 Å². The van der Waals surface area contributed by atoms with E-state index < -0.39 is 0 Å². The number of carbonyl (C=O) groups excluding carboxylic acids is 1. The van der Waals surface area contributed by atoms with Gasteiger partial charge in [-0.15, -0.1) is 0 Å². The molecule has 1 fully saturated rings. The first-order valence-electron chi connectivity index (χ1n) is 6.10. The normalized spacial score (nSPS) is 20.2. The predicted octanol–water partition coefficient (Wildman–Crippen LogP) is 2.95. The zero-order valence-corrected chi connectivity index (χ0v) is 12.2. The summed E-state index contributed by atoms with van der Waals surface area (Å²) in [5, 5.41) is 0.948. The van der Waals surface area contributed by atoms with Crippen LogP contribution in [0, 0.1) is 5.92 Å². The van der Waals surface area contributed by atoms with Crippen LogP contribution in [0.5, 0.6) is 0 Å². The lowest BCUT2D eigenvalue weighted by Gasteiger charge is -2.34. The van der Waals surface area contributed by atoms with Crippen LogP contribution in [0.1, 0.15) is 24.2 Å². The quantitative estimate of drug-likeness (QED) is 0.783. The average Bonchev–Trinajstić information content (AvgIpc) is 2.39. The van der Waals surface area contributed by atoms with E-state index in [-0.39, 0.29) is 5.91 Å². The largest absolute Gasteiger partial charge is 0.337 e. The average molecular weight is 285 g/mol. The number of pyridine rings is 1. The molecule has 3 nitrogen and oxygen atoms in total. The Kier molecular flexibility index (Phi) is 4.51. The van der Waals surface area contributed by atoms with Gasteiger partial charge in [-0.25, -0.2) is 4.98 Å². The Morgan fingerprint density at radius 1 is 1.56 bits per heavy atom. The molecular formula is C13H17ClN2OS. The van der Waals surface area contributed by atoms with E-state index in [1.165, 1.54) is 0 Å². The fraction of sp³-hybridized carbons (Fsp3) is 0.538. The highest BCUT2D eigenvalue weighted by molar-refractivity contribution is 8.00. The second-order valence-corrected chi connectivity index (χ2v) is 6.51. The van der Waals surface area contributed by atoms with Gasteiger partial charge in [0.25, 0.3) is 5.91 Å². The molecule has 18 heavy (non-hydrogen) atoms. The van der Waals surface area contributed by atoms with E-state index in [2.05, 4.69) is 18.8 Å². The van der Waals surface area contributed by atoms with Crippen molar-refractivity contribution in [2.24, 2.45) is 5.92 Å². The molecule has 1 aromatic rings. The van der Waals surface area contributed by atoms with Gasteiger partial charge in [-0.3, -0.25) is 4.79 Å². The van der Waals surface area contributed by atoms with Crippen molar-refractivity contribution in [3.8, 4) is 0 Å². The Morgan fingerprint density at radius 3 is 2.94 bits per heavy atom. The van der Waals surface area contributed by atoms with Gasteiger partial charge in [-0.1, -0.05) is 25.4 Å². The SMILES string of the molecule is CC(C)[C@H]1CN(C(=O)c2ccc(Cl)nc2)CCS1. The van der Waals surface area contributed by atoms with Crippen molar-refractivity contribution in [3.05, 3.63) is 29.0 Å². The minimum absolute atomic E-state index is 0.0603. The molecule has 1 saturated heterocycles. The number of aromatic nitrogens is 1. The molecule has 1 atom stereocenters. The van der Waals surface area contributed by atoms with Crippen molar-refractivity contribution in [3.63, 3.8) is 0 Å². The summed E-state index contributed by atoms with van der Waals surface area (Å²) >= 11 is 7.69. The molecule has 2 rings (SSSR count). The van der Waals surface area contributed by atoms with Crippen LogP contribution in [0.4, 0.5) is 0 Å². The molecule has 1 aliphatic rings. The van der Waals surface area contributed by atoms with Crippen LogP contribution in [0.3, 0.4) is 0 Å². The van der Waals surface area contributed by atoms with Crippen molar-refractivity contribution in [1.82, 2.24) is 9.88 Å². The second kappa shape index (κ2) is 5.93. The van der Waals surface area contributed by atoms with Crippen LogP contribution in [0.25, 0.3) is 0 Å². The van der Waals surface area contributed by atoms with Crippen molar-refractivity contribution in [2.45, 2.75) is 19.1 Å². The summed E-state index contributed by atoms with van der Waals surface area (Å²) in [5.41, 5.74) is 0.619. The van der Waals surface area contributed by atoms with Gasteiger partial charge in [-0.05, 0) is 18.1 Å². The Labute approximate surface area is 117 Å². The summed E-state index contributed by atoms with van der Waals surface area (Å²) in [6, 6.07) is 3.40. The number of hydrogen-bond donors (Lipinski definition) is 0. The third kappa shape index (κ3) is 3.18. The van der Waals surface area contributed by atoms with Crippen molar-refractivity contribution in [2.75, 3.05) is 18.8 Å². The Hall–Kier alpha value is -0.740. The van der Waals surface area contributed by atoms with Crippen molar-refractivity contribution < 1.29 is 4.79 Å². The van der Waals surface area contributed by atoms with E-state index in [9.17, 15) is 4.79 Å². The molecule has 0 spiro atoms. The Balaban J connectivity index is 2.06. The maximum absolute atomic E-state index is 12.3. The van der Waals surface area contributed by atoms with Gasteiger partial charge < -0.3 is 4.90 Å². The van der Waals surface area contributed by atoms with Crippen LogP contribution in [0.2, 0.25) is 5.15 Å². The predicted molar refractivity (Wildman–Crippen MR) is 76.2 cm³/mol. The van der Waals surface area contributed by atoms with E-state index in [0.29, 0.717) is 21.9 Å². The summed E-state index contributed by atoms with van der Waals surface area (Å²) in [7, 11) is 0. The summed E-state index contributed by atoms with van der Waals surface area (Å²) in [6.07, 6.45) is 1.55. The first kappa shape index (κ1) is 13.7. The van der Waals surface area contributed by atoms with Gasteiger partial charge in [0.1, 0.15) is 5.15 Å². The number of halogens is 1. The van der Waals surface area contributed by atoms with E-state index in [4.69, 9.17) is 11.6 Å². The van der Waals surface area contributed by atoms with Gasteiger partial charge in [0.15, 0.2) is 0 Å². The monoisotopic (exact) mass is 284 g/mol. The van der Waals surface area contributed by atoms with Crippen LogP contribution >= 0.6 is 23.4 Å². The van der Waals surface area contributed by atoms with E-state index in [1.807, 2.05) is 16.7 Å². The number of thioether (sulfide) groups is 1. The summed E-state index contributed by atoms with van der Waals surface area (Å²) in [6.45, 7) is 6.05. The molecule has 1 aromatic heterocycles. The summed E-state index contributed by atoms with van der Waals surface area (Å²) in [4.78, 5) is 18.2. The summed E-state index contributed by atoms with van der Waals surface area (Å²) < 4.78 is 0. The van der Waals surface area contributed by atoms with E-state index >= 15 is 0 Å². The smallest absolute Gasteiger partial charge is 0.255 e. The highest BCUT2D eigenvalue weighted by Gasteiger charge is 2.26. The minimum atomic E-state index is 0.0603. The lowest BCUT2D eigenvalue weighted by atomic mass is 10.1. The molecular weight excluding hydrogens is 268 g/mol. The molecule has 2 heterocycles. The standard InChI is InChI=1S/C13H17ClN2OS/c1-9(2)11-8-16(5-6-18-11)13(17)10-3-4-12(14)15-7-10/h3-4,7,9,11H,5-6,8H2,1-2H3/t11-/m1/s1. The molecule has 0 N–H and O–H groups in total. The van der Waals surface area contributed by atoms with Gasteiger partial charge in [-0.2, -0.15) is 11.8 Å². The number of amides is 1. The molecule has 5 heteroatoms. The van der Waals surface area contributed by atoms with Crippen LogP contribution in [0.15, 0.2) is 18.3 Å². The molecule has 1 aliphatic heterocycles. The summed E-state index contributed by atoms with van der Waals surface area (Å²) in [5.74, 6) is 1.66. The minimum Gasteiger partial charge on any atom is -0.337 e. The highest BCUT2D eigenvalue weighted by atomic mass is 35.5. The number of nitrogens with zero attached hydrogens (tertiary/aromatic N) is 2. The molecule has 1 amide bonds. The van der Waals surface area contributed by atoms with Crippen LogP contribution in [-0.4, -0.2) is 39.9 Å². The maximum Gasteiger partial charge on any atom is 0.255 e. The van der Waals surface area contributed by atoms with Gasteiger partial charge in [0.2, 0.25) is 0 Å². The number of carbonyl (C=O) groups is 1. The first-order valence-corrected chi connectivity index (χ1v) is 7.53. The molecule has 0 bridgehead atoms. The van der Waals surface area contributed by atoms with Gasteiger partial charge in [0.05, 0.1) is 5.56 Å². The molecule has 0 saturated carbocycles. The molecule has 0 aliphatic carbocycles. The molecule has 0 unspecified atom stereocenters. The molecule has 0 aromatic carbocycles. The zero-order valence-electron chi connectivity index (χ0n) is 10.6. The fourth-order valence-electron chi connectivity index (χ4n) is 1.95. The maximum atomic E-state index is 12.3. The van der Waals surface area contributed by atoms with Gasteiger partial charge >= 0.3 is 0 Å². The zero-order chi connectivity index (χ0) is 13.1. The van der Waals surface area contributed by atoms with E-state index in [0.717, 1.165) is 18.8 Å². The second-order valence-electron chi connectivity index (χ2n) is 4.77. The van der Waals surface area contributed by atoms with Crippen molar-refractivity contribution in [1.29, 1.82) is 0 Å². The van der Waals surface area contributed by atoms with Gasteiger partial charge in [0, 0.05) is 30.3 Å². The molecule has 0 radical (unpaired) electrons. The third-order valence-electron chi connectivity index (χ3n) is 3.10. The lowest BCUT2D eigenvalue weighted by molar-refractivity contribution is 0.0755. The van der Waals surface area contributed by atoms with E-state index in [1.54, 1.807) is 18.3 Å².